The molecule has 0 spiro atoms. The summed E-state index contributed by atoms with van der Waals surface area (Å²) in [5.41, 5.74) is 1.59. The first-order chi connectivity index (χ1) is 13.6. The number of halogens is 1. The number of benzene rings is 1. The lowest BCUT2D eigenvalue weighted by Gasteiger charge is -2.37. The van der Waals surface area contributed by atoms with Crippen LogP contribution in [0.4, 0.5) is 21.8 Å². The normalized spacial score (nSPS) is 17.8. The molecule has 0 unspecified atom stereocenters. The molecule has 0 aliphatic carbocycles. The Hall–Kier alpha value is -2.90. The van der Waals surface area contributed by atoms with Crippen molar-refractivity contribution in [3.8, 4) is 0 Å². The van der Waals surface area contributed by atoms with Crippen molar-refractivity contribution in [2.24, 2.45) is 0 Å². The molecule has 2 fully saturated rings. The van der Waals surface area contributed by atoms with Crippen LogP contribution in [0.2, 0.25) is 0 Å². The van der Waals surface area contributed by atoms with Gasteiger partial charge in [-0.05, 0) is 19.1 Å². The first-order valence-electron chi connectivity index (χ1n) is 9.68. The van der Waals surface area contributed by atoms with Crippen molar-refractivity contribution in [3.63, 3.8) is 0 Å². The monoisotopic (exact) mass is 384 g/mol. The third-order valence-corrected chi connectivity index (χ3v) is 5.37. The van der Waals surface area contributed by atoms with Crippen molar-refractivity contribution in [2.75, 3.05) is 67.1 Å². The van der Waals surface area contributed by atoms with Crippen LogP contribution in [0.15, 0.2) is 30.3 Å². The minimum Gasteiger partial charge on any atom is -0.366 e. The summed E-state index contributed by atoms with van der Waals surface area (Å²) in [5, 5.41) is 0. The maximum atomic E-state index is 14.1. The molecular formula is C20H25FN6O. The molecule has 0 atom stereocenters. The van der Waals surface area contributed by atoms with Crippen LogP contribution in [0.1, 0.15) is 5.69 Å². The van der Waals surface area contributed by atoms with E-state index in [1.807, 2.05) is 25.1 Å². The van der Waals surface area contributed by atoms with Gasteiger partial charge in [-0.3, -0.25) is 4.79 Å². The van der Waals surface area contributed by atoms with Crippen LogP contribution >= 0.6 is 0 Å². The molecule has 0 saturated carbocycles. The Kier molecular flexibility index (Phi) is 5.27. The van der Waals surface area contributed by atoms with E-state index in [0.29, 0.717) is 18.8 Å². The number of hydrogen-bond acceptors (Lipinski definition) is 6. The van der Waals surface area contributed by atoms with E-state index in [1.165, 1.54) is 6.07 Å². The Morgan fingerprint density at radius 2 is 1.54 bits per heavy atom. The third kappa shape index (κ3) is 3.85. The topological polar surface area (TPSA) is 55.8 Å². The van der Waals surface area contributed by atoms with Gasteiger partial charge in [-0.2, -0.15) is 4.98 Å². The van der Waals surface area contributed by atoms with E-state index in [4.69, 9.17) is 4.98 Å². The standard InChI is InChI=1S/C20H25FN6O/c1-16-14-19(23-20(22-16)27-8-6-24(15-28)7-9-27)26-12-10-25(11-13-26)18-5-3-2-4-17(18)21/h2-5,14-15H,6-13H2,1H3. The minimum atomic E-state index is -0.175. The van der Waals surface area contributed by atoms with Crippen LogP contribution in [0.25, 0.3) is 0 Å². The number of anilines is 3. The van der Waals surface area contributed by atoms with Crippen molar-refractivity contribution in [1.82, 2.24) is 14.9 Å². The average Bonchev–Trinajstić information content (AvgIpc) is 2.74. The maximum Gasteiger partial charge on any atom is 0.227 e. The van der Waals surface area contributed by atoms with Crippen molar-refractivity contribution in [2.45, 2.75) is 6.92 Å². The van der Waals surface area contributed by atoms with Crippen LogP contribution in [0, 0.1) is 12.7 Å². The van der Waals surface area contributed by atoms with Crippen LogP contribution in [0.5, 0.6) is 0 Å². The maximum absolute atomic E-state index is 14.1. The largest absolute Gasteiger partial charge is 0.366 e. The van der Waals surface area contributed by atoms with E-state index in [-0.39, 0.29) is 5.82 Å². The number of rotatable bonds is 4. The molecule has 3 heterocycles. The highest BCUT2D eigenvalue weighted by molar-refractivity contribution is 5.52. The summed E-state index contributed by atoms with van der Waals surface area (Å²) in [5.74, 6) is 1.45. The molecule has 148 valence electrons. The fraction of sp³-hybridized carbons (Fsp3) is 0.450. The zero-order valence-electron chi connectivity index (χ0n) is 16.1. The quantitative estimate of drug-likeness (QED) is 0.746. The van der Waals surface area contributed by atoms with Gasteiger partial charge in [0.2, 0.25) is 12.4 Å². The fourth-order valence-electron chi connectivity index (χ4n) is 3.75. The zero-order chi connectivity index (χ0) is 19.5. The number of amides is 1. The molecule has 1 aromatic carbocycles. The number of carbonyl (C=O) groups excluding carboxylic acids is 1. The lowest BCUT2D eigenvalue weighted by atomic mass is 10.2. The Bertz CT molecular complexity index is 831. The highest BCUT2D eigenvalue weighted by Gasteiger charge is 2.23. The molecule has 0 N–H and O–H groups in total. The van der Waals surface area contributed by atoms with E-state index in [9.17, 15) is 9.18 Å². The van der Waals surface area contributed by atoms with E-state index >= 15 is 0 Å². The Morgan fingerprint density at radius 1 is 0.893 bits per heavy atom. The van der Waals surface area contributed by atoms with Gasteiger partial charge in [-0.15, -0.1) is 0 Å². The Labute approximate surface area is 164 Å². The van der Waals surface area contributed by atoms with Gasteiger partial charge in [0.05, 0.1) is 5.69 Å². The predicted molar refractivity (Wildman–Crippen MR) is 107 cm³/mol. The van der Waals surface area contributed by atoms with Gasteiger partial charge in [0.15, 0.2) is 0 Å². The van der Waals surface area contributed by atoms with Crippen LogP contribution in [-0.4, -0.2) is 73.6 Å². The highest BCUT2D eigenvalue weighted by Crippen LogP contribution is 2.23. The van der Waals surface area contributed by atoms with E-state index in [1.54, 1.807) is 11.0 Å². The molecule has 8 heteroatoms. The third-order valence-electron chi connectivity index (χ3n) is 5.37. The molecule has 0 radical (unpaired) electrons. The van der Waals surface area contributed by atoms with Gasteiger partial charge in [-0.1, -0.05) is 12.1 Å². The second-order valence-electron chi connectivity index (χ2n) is 7.22. The van der Waals surface area contributed by atoms with Gasteiger partial charge >= 0.3 is 0 Å². The van der Waals surface area contributed by atoms with Crippen molar-refractivity contribution in [3.05, 3.63) is 41.8 Å². The number of nitrogens with zero attached hydrogens (tertiary/aromatic N) is 6. The van der Waals surface area contributed by atoms with Crippen LogP contribution < -0.4 is 14.7 Å². The number of aryl methyl sites for hydroxylation is 1. The fourth-order valence-corrected chi connectivity index (χ4v) is 3.75. The van der Waals surface area contributed by atoms with Crippen molar-refractivity contribution < 1.29 is 9.18 Å². The zero-order valence-corrected chi connectivity index (χ0v) is 16.1. The van der Waals surface area contributed by atoms with E-state index in [2.05, 4.69) is 19.7 Å². The van der Waals surface area contributed by atoms with E-state index in [0.717, 1.165) is 63.1 Å². The van der Waals surface area contributed by atoms with Gasteiger partial charge < -0.3 is 19.6 Å². The molecule has 28 heavy (non-hydrogen) atoms. The first kappa shape index (κ1) is 18.5. The van der Waals surface area contributed by atoms with Crippen LogP contribution in [-0.2, 0) is 4.79 Å². The summed E-state index contributed by atoms with van der Waals surface area (Å²) in [7, 11) is 0. The summed E-state index contributed by atoms with van der Waals surface area (Å²) in [6.07, 6.45) is 0.898. The second kappa shape index (κ2) is 8.00. The van der Waals surface area contributed by atoms with Gasteiger partial charge in [0, 0.05) is 64.1 Å². The van der Waals surface area contributed by atoms with Gasteiger partial charge in [-0.25, -0.2) is 9.37 Å². The van der Waals surface area contributed by atoms with Gasteiger partial charge in [0.25, 0.3) is 0 Å². The van der Waals surface area contributed by atoms with Gasteiger partial charge in [0.1, 0.15) is 11.6 Å². The lowest BCUT2D eigenvalue weighted by Crippen LogP contribution is -2.48. The molecule has 2 aliphatic rings. The van der Waals surface area contributed by atoms with Crippen LogP contribution in [0.3, 0.4) is 0 Å². The number of carbonyl (C=O) groups is 1. The molecule has 4 rings (SSSR count). The molecule has 1 aromatic heterocycles. The molecule has 2 aliphatic heterocycles. The van der Waals surface area contributed by atoms with E-state index < -0.39 is 0 Å². The Balaban J connectivity index is 1.45. The second-order valence-corrected chi connectivity index (χ2v) is 7.22. The highest BCUT2D eigenvalue weighted by atomic mass is 19.1. The summed E-state index contributed by atoms with van der Waals surface area (Å²) < 4.78 is 14.1. The smallest absolute Gasteiger partial charge is 0.227 e. The number of aromatic nitrogens is 2. The summed E-state index contributed by atoms with van der Waals surface area (Å²) in [6.45, 7) is 7.90. The predicted octanol–water partition coefficient (Wildman–Crippen LogP) is 1.53. The molecule has 0 bridgehead atoms. The lowest BCUT2D eigenvalue weighted by molar-refractivity contribution is -0.118. The van der Waals surface area contributed by atoms with Crippen molar-refractivity contribution in [1.29, 1.82) is 0 Å². The average molecular weight is 384 g/mol. The number of para-hydroxylation sites is 1. The Morgan fingerprint density at radius 3 is 2.21 bits per heavy atom. The molecule has 2 saturated heterocycles. The number of hydrogen-bond donors (Lipinski definition) is 0. The summed E-state index contributed by atoms with van der Waals surface area (Å²) in [4.78, 5) is 28.5. The molecular weight excluding hydrogens is 359 g/mol. The van der Waals surface area contributed by atoms with Crippen molar-refractivity contribution >= 4 is 23.9 Å². The number of piperazine rings is 2. The molecule has 2 aromatic rings. The molecule has 7 nitrogen and oxygen atoms in total. The summed E-state index contributed by atoms with van der Waals surface area (Å²) >= 11 is 0. The minimum absolute atomic E-state index is 0.175. The SMILES string of the molecule is Cc1cc(N2CCN(c3ccccc3F)CC2)nc(N2CCN(C=O)CC2)n1. The molecule has 1 amide bonds. The first-order valence-corrected chi connectivity index (χ1v) is 9.68. The summed E-state index contributed by atoms with van der Waals surface area (Å²) in [6, 6.07) is 8.93.